The molecule has 144 valence electrons. The molecule has 1 amide bonds. The van der Waals surface area contributed by atoms with E-state index in [1.54, 1.807) is 12.1 Å². The number of amides is 1. The number of hydrogen-bond donors (Lipinski definition) is 2. The average Bonchev–Trinajstić information content (AvgIpc) is 2.62. The maximum Gasteiger partial charge on any atom is 0.341 e. The van der Waals surface area contributed by atoms with Crippen LogP contribution in [0.3, 0.4) is 0 Å². The Labute approximate surface area is 157 Å². The number of anilines is 1. The summed E-state index contributed by atoms with van der Waals surface area (Å²) in [7, 11) is -3.95. The zero-order valence-electron chi connectivity index (χ0n) is 14.8. The first kappa shape index (κ1) is 20.2. The van der Waals surface area contributed by atoms with Crippen molar-refractivity contribution in [3.05, 3.63) is 54.1 Å². The normalized spacial score (nSPS) is 12.1. The van der Waals surface area contributed by atoms with Crippen LogP contribution in [-0.2, 0) is 19.6 Å². The largest absolute Gasteiger partial charge is 0.494 e. The fourth-order valence-electron chi connectivity index (χ4n) is 2.12. The fraction of sp³-hybridized carbons (Fsp3) is 0.222. The molecule has 1 atom stereocenters. The summed E-state index contributed by atoms with van der Waals surface area (Å²) in [6, 6.07) is 11.8. The van der Waals surface area contributed by atoms with Crippen LogP contribution in [-0.4, -0.2) is 33.0 Å². The second-order valence-corrected chi connectivity index (χ2v) is 7.19. The molecule has 27 heavy (non-hydrogen) atoms. The summed E-state index contributed by atoms with van der Waals surface area (Å²) in [4.78, 5) is 23.3. The van der Waals surface area contributed by atoms with Gasteiger partial charge in [-0.3, -0.25) is 9.52 Å². The van der Waals surface area contributed by atoms with Crippen molar-refractivity contribution in [1.82, 2.24) is 0 Å². The first-order valence-electron chi connectivity index (χ1n) is 8.09. The summed E-state index contributed by atoms with van der Waals surface area (Å²) in [5, 5.41) is 0. The Morgan fingerprint density at radius 1 is 1.11 bits per heavy atom. The summed E-state index contributed by atoms with van der Waals surface area (Å²) in [5.74, 6) is -1.14. The number of benzene rings is 2. The van der Waals surface area contributed by atoms with Crippen molar-refractivity contribution >= 4 is 27.6 Å². The molecule has 0 aromatic heterocycles. The molecule has 9 heteroatoms. The molecule has 0 aliphatic rings. The van der Waals surface area contributed by atoms with Crippen LogP contribution >= 0.6 is 0 Å². The average molecular weight is 392 g/mol. The van der Waals surface area contributed by atoms with E-state index in [1.165, 1.54) is 43.3 Å². The van der Waals surface area contributed by atoms with Crippen LogP contribution in [0.15, 0.2) is 53.4 Å². The van der Waals surface area contributed by atoms with E-state index in [-0.39, 0.29) is 16.1 Å². The maximum absolute atomic E-state index is 12.6. The second-order valence-electron chi connectivity index (χ2n) is 5.51. The SMILES string of the molecule is CCOc1ccc(S(=O)(=O)Nc2ccccc2C(=O)O[C@H](C)C(N)=O)cc1. The fourth-order valence-corrected chi connectivity index (χ4v) is 3.20. The van der Waals surface area contributed by atoms with Crippen LogP contribution in [0.4, 0.5) is 5.69 Å². The Balaban J connectivity index is 2.26. The van der Waals surface area contributed by atoms with Crippen LogP contribution < -0.4 is 15.2 Å². The van der Waals surface area contributed by atoms with E-state index in [9.17, 15) is 18.0 Å². The van der Waals surface area contributed by atoms with Gasteiger partial charge in [-0.2, -0.15) is 0 Å². The zero-order valence-corrected chi connectivity index (χ0v) is 15.7. The lowest BCUT2D eigenvalue weighted by Gasteiger charge is -2.14. The van der Waals surface area contributed by atoms with Crippen molar-refractivity contribution in [1.29, 1.82) is 0 Å². The van der Waals surface area contributed by atoms with Crippen molar-refractivity contribution in [3.8, 4) is 5.75 Å². The predicted octanol–water partition coefficient (Wildman–Crippen LogP) is 1.92. The zero-order chi connectivity index (χ0) is 20.0. The van der Waals surface area contributed by atoms with Crippen molar-refractivity contribution in [2.24, 2.45) is 5.73 Å². The highest BCUT2D eigenvalue weighted by atomic mass is 32.2. The van der Waals surface area contributed by atoms with Crippen molar-refractivity contribution in [2.45, 2.75) is 24.8 Å². The Morgan fingerprint density at radius 2 is 1.74 bits per heavy atom. The Kier molecular flexibility index (Phi) is 6.40. The number of nitrogens with one attached hydrogen (secondary N) is 1. The molecular weight excluding hydrogens is 372 g/mol. The van der Waals surface area contributed by atoms with Gasteiger partial charge in [-0.15, -0.1) is 0 Å². The van der Waals surface area contributed by atoms with Crippen LogP contribution in [0, 0.1) is 0 Å². The Morgan fingerprint density at radius 3 is 2.33 bits per heavy atom. The number of rotatable bonds is 8. The molecule has 0 heterocycles. The van der Waals surface area contributed by atoms with E-state index in [4.69, 9.17) is 15.2 Å². The highest BCUT2D eigenvalue weighted by molar-refractivity contribution is 7.92. The lowest BCUT2D eigenvalue weighted by Crippen LogP contribution is -2.30. The van der Waals surface area contributed by atoms with Gasteiger partial charge >= 0.3 is 5.97 Å². The van der Waals surface area contributed by atoms with E-state index in [2.05, 4.69) is 4.72 Å². The first-order valence-corrected chi connectivity index (χ1v) is 9.58. The van der Waals surface area contributed by atoms with E-state index < -0.39 is 28.0 Å². The van der Waals surface area contributed by atoms with Crippen molar-refractivity contribution < 1.29 is 27.5 Å². The molecule has 0 saturated heterocycles. The molecule has 0 saturated carbocycles. The van der Waals surface area contributed by atoms with E-state index in [0.717, 1.165) is 0 Å². The smallest absolute Gasteiger partial charge is 0.341 e. The van der Waals surface area contributed by atoms with E-state index in [1.807, 2.05) is 6.92 Å². The number of primary amides is 1. The molecule has 2 aromatic carbocycles. The third-order valence-electron chi connectivity index (χ3n) is 3.52. The van der Waals surface area contributed by atoms with Gasteiger partial charge in [0.2, 0.25) is 0 Å². The number of carbonyl (C=O) groups excluding carboxylic acids is 2. The third-order valence-corrected chi connectivity index (χ3v) is 4.90. The van der Waals surface area contributed by atoms with Crippen molar-refractivity contribution in [2.75, 3.05) is 11.3 Å². The Bertz CT molecular complexity index is 925. The lowest BCUT2D eigenvalue weighted by molar-refractivity contribution is -0.125. The predicted molar refractivity (Wildman–Crippen MR) is 98.9 cm³/mol. The van der Waals surface area contributed by atoms with Gasteiger partial charge in [0.25, 0.3) is 15.9 Å². The van der Waals surface area contributed by atoms with Gasteiger partial charge in [-0.1, -0.05) is 12.1 Å². The van der Waals surface area contributed by atoms with Gasteiger partial charge in [-0.05, 0) is 50.2 Å². The molecule has 0 spiro atoms. The number of nitrogens with two attached hydrogens (primary N) is 1. The second kappa shape index (κ2) is 8.54. The number of carbonyl (C=O) groups is 2. The molecule has 2 rings (SSSR count). The quantitative estimate of drug-likeness (QED) is 0.661. The van der Waals surface area contributed by atoms with Gasteiger partial charge in [0.1, 0.15) is 5.75 Å². The minimum atomic E-state index is -3.95. The molecule has 0 aliphatic carbocycles. The van der Waals surface area contributed by atoms with E-state index in [0.29, 0.717) is 12.4 Å². The molecule has 0 bridgehead atoms. The molecule has 3 N–H and O–H groups in total. The summed E-state index contributed by atoms with van der Waals surface area (Å²) >= 11 is 0. The summed E-state index contributed by atoms with van der Waals surface area (Å²) in [6.07, 6.45) is -1.15. The summed E-state index contributed by atoms with van der Waals surface area (Å²) in [6.45, 7) is 3.61. The molecule has 2 aromatic rings. The van der Waals surface area contributed by atoms with Crippen LogP contribution in [0.1, 0.15) is 24.2 Å². The monoisotopic (exact) mass is 392 g/mol. The first-order chi connectivity index (χ1) is 12.7. The highest BCUT2D eigenvalue weighted by Crippen LogP contribution is 2.23. The van der Waals surface area contributed by atoms with Gasteiger partial charge in [-0.25, -0.2) is 13.2 Å². The molecule has 8 nitrogen and oxygen atoms in total. The number of esters is 1. The summed E-state index contributed by atoms with van der Waals surface area (Å²) in [5.41, 5.74) is 5.05. The van der Waals surface area contributed by atoms with Crippen LogP contribution in [0.25, 0.3) is 0 Å². The van der Waals surface area contributed by atoms with Crippen molar-refractivity contribution in [3.63, 3.8) is 0 Å². The topological polar surface area (TPSA) is 125 Å². The third kappa shape index (κ3) is 5.20. The number of ether oxygens (including phenoxy) is 2. The van der Waals surface area contributed by atoms with Crippen LogP contribution in [0.2, 0.25) is 0 Å². The molecule has 0 fully saturated rings. The maximum atomic E-state index is 12.6. The van der Waals surface area contributed by atoms with Gasteiger partial charge in [0, 0.05) is 0 Å². The van der Waals surface area contributed by atoms with Gasteiger partial charge in [0.15, 0.2) is 6.10 Å². The highest BCUT2D eigenvalue weighted by Gasteiger charge is 2.22. The number of para-hydroxylation sites is 1. The molecule has 0 unspecified atom stereocenters. The standard InChI is InChI=1S/C18H20N2O6S/c1-3-25-13-8-10-14(11-9-13)27(23,24)20-16-7-5-4-6-15(16)18(22)26-12(2)17(19)21/h4-12,20H,3H2,1-2H3,(H2,19,21)/t12-/m1/s1. The number of hydrogen-bond acceptors (Lipinski definition) is 6. The summed E-state index contributed by atoms with van der Waals surface area (Å²) < 4.78 is 37.8. The molecule has 0 radical (unpaired) electrons. The lowest BCUT2D eigenvalue weighted by atomic mass is 10.2. The molecule has 0 aliphatic heterocycles. The van der Waals surface area contributed by atoms with Crippen LogP contribution in [0.5, 0.6) is 5.75 Å². The minimum Gasteiger partial charge on any atom is -0.494 e. The van der Waals surface area contributed by atoms with Gasteiger partial charge < -0.3 is 15.2 Å². The van der Waals surface area contributed by atoms with E-state index >= 15 is 0 Å². The molecular formula is C18H20N2O6S. The number of sulfonamides is 1. The Hall–Kier alpha value is -3.07. The minimum absolute atomic E-state index is 0.000345. The van der Waals surface area contributed by atoms with Gasteiger partial charge in [0.05, 0.1) is 22.8 Å².